The van der Waals surface area contributed by atoms with E-state index in [9.17, 15) is 4.79 Å². The van der Waals surface area contributed by atoms with Crippen molar-refractivity contribution >= 4 is 29.4 Å². The van der Waals surface area contributed by atoms with E-state index in [2.05, 4.69) is 10.2 Å². The summed E-state index contributed by atoms with van der Waals surface area (Å²) in [5, 5.41) is 11.8. The Kier molecular flexibility index (Phi) is 6.67. The molecule has 2 rings (SSSR count). The quantitative estimate of drug-likeness (QED) is 0.474. The van der Waals surface area contributed by atoms with E-state index in [1.165, 1.54) is 12.3 Å². The highest BCUT2D eigenvalue weighted by Crippen LogP contribution is 2.20. The van der Waals surface area contributed by atoms with Gasteiger partial charge in [0.1, 0.15) is 17.4 Å². The van der Waals surface area contributed by atoms with Crippen molar-refractivity contribution in [1.82, 2.24) is 4.90 Å². The van der Waals surface area contributed by atoms with E-state index < -0.39 is 5.91 Å². The number of carbonyl (C=O) groups excluding carboxylic acids is 1. The molecular weight excluding hydrogens is 322 g/mol. The molecule has 0 aliphatic rings. The van der Waals surface area contributed by atoms with E-state index >= 15 is 0 Å². The maximum Gasteiger partial charge on any atom is 0.266 e. The van der Waals surface area contributed by atoms with Crippen molar-refractivity contribution in [3.05, 3.63) is 54.0 Å². The number of carbonyl (C=O) groups is 1. The topological polar surface area (TPSA) is 69.3 Å². The first-order chi connectivity index (χ1) is 11.6. The van der Waals surface area contributed by atoms with Gasteiger partial charge in [-0.25, -0.2) is 0 Å². The van der Waals surface area contributed by atoms with Gasteiger partial charge in [0.15, 0.2) is 0 Å². The number of hydrogen-bond donors (Lipinski definition) is 1. The summed E-state index contributed by atoms with van der Waals surface area (Å²) in [7, 11) is 4.09. The van der Waals surface area contributed by atoms with Crippen molar-refractivity contribution in [2.45, 2.75) is 4.90 Å². The lowest BCUT2D eigenvalue weighted by Crippen LogP contribution is -2.14. The highest BCUT2D eigenvalue weighted by atomic mass is 32.2. The molecule has 1 amide bonds. The van der Waals surface area contributed by atoms with Crippen LogP contribution < -0.4 is 5.32 Å². The van der Waals surface area contributed by atoms with E-state index in [1.807, 2.05) is 44.4 Å². The summed E-state index contributed by atoms with van der Waals surface area (Å²) in [6.45, 7) is 1.01. The van der Waals surface area contributed by atoms with E-state index in [1.54, 1.807) is 23.9 Å². The lowest BCUT2D eigenvalue weighted by molar-refractivity contribution is -0.112. The van der Waals surface area contributed by atoms with Crippen LogP contribution in [0.1, 0.15) is 5.76 Å². The van der Waals surface area contributed by atoms with Crippen molar-refractivity contribution < 1.29 is 9.21 Å². The smallest absolute Gasteiger partial charge is 0.266 e. The molecule has 0 saturated carbocycles. The zero-order chi connectivity index (χ0) is 17.4. The maximum atomic E-state index is 12.1. The van der Waals surface area contributed by atoms with E-state index in [-0.39, 0.29) is 5.57 Å². The molecule has 24 heavy (non-hydrogen) atoms. The largest absolute Gasteiger partial charge is 0.465 e. The van der Waals surface area contributed by atoms with Gasteiger partial charge in [0.25, 0.3) is 5.91 Å². The minimum absolute atomic E-state index is 0.00520. The molecule has 0 spiro atoms. The minimum atomic E-state index is -0.457. The average Bonchev–Trinajstić information content (AvgIpc) is 3.07. The standard InChI is InChI=1S/C18H19N3O2S/c1-21(2)9-11-24-17-7-5-15(6-8-17)20-18(22)14(13-19)12-16-4-3-10-23-16/h3-8,10,12H,9,11H2,1-2H3,(H,20,22). The number of nitrogens with zero attached hydrogens (tertiary/aromatic N) is 2. The van der Waals surface area contributed by atoms with Crippen LogP contribution in [0.15, 0.2) is 57.5 Å². The second-order valence-corrected chi connectivity index (χ2v) is 6.48. The molecule has 6 heteroatoms. The molecule has 5 nitrogen and oxygen atoms in total. The summed E-state index contributed by atoms with van der Waals surface area (Å²) in [4.78, 5) is 15.4. The Morgan fingerprint density at radius 2 is 2.08 bits per heavy atom. The highest BCUT2D eigenvalue weighted by Gasteiger charge is 2.10. The van der Waals surface area contributed by atoms with Gasteiger partial charge in [-0.2, -0.15) is 5.26 Å². The zero-order valence-corrected chi connectivity index (χ0v) is 14.5. The van der Waals surface area contributed by atoms with Crippen LogP contribution in [-0.4, -0.2) is 37.2 Å². The van der Waals surface area contributed by atoms with Gasteiger partial charge in [-0.15, -0.1) is 11.8 Å². The van der Waals surface area contributed by atoms with Crippen LogP contribution >= 0.6 is 11.8 Å². The molecule has 0 aliphatic carbocycles. The van der Waals surface area contributed by atoms with Gasteiger partial charge < -0.3 is 14.6 Å². The highest BCUT2D eigenvalue weighted by molar-refractivity contribution is 7.99. The molecule has 0 aliphatic heterocycles. The molecule has 0 unspecified atom stereocenters. The summed E-state index contributed by atoms with van der Waals surface area (Å²) in [5.41, 5.74) is 0.645. The molecule has 0 radical (unpaired) electrons. The number of nitriles is 1. The number of nitrogens with one attached hydrogen (secondary N) is 1. The molecule has 1 aromatic carbocycles. The zero-order valence-electron chi connectivity index (χ0n) is 13.7. The fourth-order valence-electron chi connectivity index (χ4n) is 1.84. The first kappa shape index (κ1) is 17.9. The van der Waals surface area contributed by atoms with Crippen LogP contribution in [0.3, 0.4) is 0 Å². The number of amides is 1. The number of thioether (sulfide) groups is 1. The molecule has 0 bridgehead atoms. The van der Waals surface area contributed by atoms with E-state index in [0.717, 1.165) is 17.2 Å². The second kappa shape index (κ2) is 8.96. The van der Waals surface area contributed by atoms with Gasteiger partial charge >= 0.3 is 0 Å². The number of furan rings is 1. The molecule has 1 N–H and O–H groups in total. The third-order valence-electron chi connectivity index (χ3n) is 3.11. The van der Waals surface area contributed by atoms with Crippen LogP contribution in [0.4, 0.5) is 5.69 Å². The SMILES string of the molecule is CN(C)CCSc1ccc(NC(=O)C(C#N)=Cc2ccco2)cc1. The monoisotopic (exact) mass is 341 g/mol. The van der Waals surface area contributed by atoms with Crippen LogP contribution in [-0.2, 0) is 4.79 Å². The van der Waals surface area contributed by atoms with Crippen LogP contribution in [0.2, 0.25) is 0 Å². The van der Waals surface area contributed by atoms with Crippen molar-refractivity contribution in [1.29, 1.82) is 5.26 Å². The summed E-state index contributed by atoms with van der Waals surface area (Å²) < 4.78 is 5.12. The molecule has 0 fully saturated rings. The van der Waals surface area contributed by atoms with E-state index in [0.29, 0.717) is 11.4 Å². The molecule has 0 saturated heterocycles. The molecule has 1 aromatic heterocycles. The lowest BCUT2D eigenvalue weighted by Gasteiger charge is -2.09. The number of hydrogen-bond acceptors (Lipinski definition) is 5. The normalized spacial score (nSPS) is 11.3. The fourth-order valence-corrected chi connectivity index (χ4v) is 2.86. The first-order valence-electron chi connectivity index (χ1n) is 7.43. The van der Waals surface area contributed by atoms with Crippen LogP contribution in [0.25, 0.3) is 6.08 Å². The van der Waals surface area contributed by atoms with Crippen molar-refractivity contribution in [2.24, 2.45) is 0 Å². The summed E-state index contributed by atoms with van der Waals surface area (Å²) in [6, 6.07) is 12.9. The van der Waals surface area contributed by atoms with Crippen LogP contribution in [0.5, 0.6) is 0 Å². The lowest BCUT2D eigenvalue weighted by atomic mass is 10.2. The Labute approximate surface area is 145 Å². The van der Waals surface area contributed by atoms with E-state index in [4.69, 9.17) is 9.68 Å². The Bertz CT molecular complexity index is 729. The van der Waals surface area contributed by atoms with Gasteiger partial charge in [0.2, 0.25) is 0 Å². The predicted octanol–water partition coefficient (Wildman–Crippen LogP) is 3.48. The van der Waals surface area contributed by atoms with Gasteiger partial charge in [-0.3, -0.25) is 4.79 Å². The average molecular weight is 341 g/mol. The maximum absolute atomic E-state index is 12.1. The van der Waals surface area contributed by atoms with Gasteiger partial charge in [-0.05, 0) is 50.5 Å². The van der Waals surface area contributed by atoms with Crippen molar-refractivity contribution in [2.75, 3.05) is 31.7 Å². The summed E-state index contributed by atoms with van der Waals surface area (Å²) in [6.07, 6.45) is 2.91. The van der Waals surface area contributed by atoms with Crippen molar-refractivity contribution in [3.63, 3.8) is 0 Å². The molecular formula is C18H19N3O2S. The third kappa shape index (κ3) is 5.61. The number of benzene rings is 1. The Balaban J connectivity index is 1.95. The Morgan fingerprint density at radius 1 is 1.33 bits per heavy atom. The fraction of sp³-hybridized carbons (Fsp3) is 0.222. The van der Waals surface area contributed by atoms with Crippen molar-refractivity contribution in [3.8, 4) is 6.07 Å². The van der Waals surface area contributed by atoms with Crippen LogP contribution in [0, 0.1) is 11.3 Å². The van der Waals surface area contributed by atoms with Gasteiger partial charge in [0, 0.05) is 29.0 Å². The Morgan fingerprint density at radius 3 is 2.67 bits per heavy atom. The molecule has 124 valence electrons. The molecule has 0 atom stereocenters. The number of anilines is 1. The second-order valence-electron chi connectivity index (χ2n) is 5.32. The third-order valence-corrected chi connectivity index (χ3v) is 4.11. The molecule has 2 aromatic rings. The van der Waals surface area contributed by atoms with Gasteiger partial charge in [-0.1, -0.05) is 0 Å². The first-order valence-corrected chi connectivity index (χ1v) is 8.41. The summed E-state index contributed by atoms with van der Waals surface area (Å²) in [5.74, 6) is 1.01. The number of rotatable bonds is 7. The van der Waals surface area contributed by atoms with Gasteiger partial charge in [0.05, 0.1) is 6.26 Å². The summed E-state index contributed by atoms with van der Waals surface area (Å²) >= 11 is 1.76. The minimum Gasteiger partial charge on any atom is -0.465 e. The predicted molar refractivity (Wildman–Crippen MR) is 96.6 cm³/mol. The Hall–Kier alpha value is -2.49. The molecule has 1 heterocycles.